The summed E-state index contributed by atoms with van der Waals surface area (Å²) in [6.07, 6.45) is 4.18. The highest BCUT2D eigenvalue weighted by Crippen LogP contribution is 2.63. The van der Waals surface area contributed by atoms with Gasteiger partial charge in [-0.15, -0.1) is 24.4 Å². The molecule has 0 radical (unpaired) electrons. The van der Waals surface area contributed by atoms with E-state index in [1.165, 1.54) is 88.4 Å². The zero-order chi connectivity index (χ0) is 34.9. The second kappa shape index (κ2) is 12.1. The van der Waals surface area contributed by atoms with Crippen LogP contribution in [0.1, 0.15) is 79.2 Å². The molecule has 0 bridgehead atoms. The van der Waals surface area contributed by atoms with Crippen LogP contribution in [-0.2, 0) is 10.8 Å². The van der Waals surface area contributed by atoms with Crippen LogP contribution in [0.2, 0.25) is 0 Å². The Kier molecular flexibility index (Phi) is 7.90. The molecular weight excluding hydrogens is 641 g/mol. The molecule has 6 aromatic carbocycles. The molecule has 246 valence electrons. The fourth-order valence-corrected chi connectivity index (χ4v) is 9.96. The smallest absolute Gasteiger partial charge is 0.0714 e. The average Bonchev–Trinajstić information content (AvgIpc) is 3.53. The fraction of sp³-hybridized carbons (Fsp3) is 0.167. The Bertz CT molecular complexity index is 2240. The van der Waals surface area contributed by atoms with Gasteiger partial charge in [0.15, 0.2) is 0 Å². The lowest BCUT2D eigenvalue weighted by molar-refractivity contribution is 0.738. The molecule has 0 fully saturated rings. The second-order valence-electron chi connectivity index (χ2n) is 14.2. The number of hydrogen-bond acceptors (Lipinski definition) is 2. The van der Waals surface area contributed by atoms with Gasteiger partial charge in [0, 0.05) is 9.80 Å². The van der Waals surface area contributed by atoms with Crippen molar-refractivity contribution < 1.29 is 0 Å². The highest BCUT2D eigenvalue weighted by molar-refractivity contribution is 8.07. The van der Waals surface area contributed by atoms with Crippen LogP contribution in [0, 0.1) is 27.7 Å². The molecule has 0 atom stereocenters. The molecule has 2 aliphatic carbocycles. The van der Waals surface area contributed by atoms with Crippen molar-refractivity contribution in [3.8, 4) is 11.1 Å². The van der Waals surface area contributed by atoms with Gasteiger partial charge in [-0.3, -0.25) is 0 Å². The summed E-state index contributed by atoms with van der Waals surface area (Å²) in [6.45, 7) is 15.2. The summed E-state index contributed by atoms with van der Waals surface area (Å²) in [4.78, 5) is 2.29. The SMILES string of the molecule is C=Cc1cc2c(cc1S)C(c1ccc(C)cc1)(c1ccc(C)cc1)c1cc3c(cc1-2)C(c1ccc(C)cc1)(c1ccc(C)cc1)C(C)=C3SC. The lowest BCUT2D eigenvalue weighted by atomic mass is 9.65. The number of aryl methyl sites for hydroxylation is 4. The Hall–Kier alpha value is -4.50. The van der Waals surface area contributed by atoms with Crippen LogP contribution in [0.25, 0.3) is 22.1 Å². The molecule has 0 heterocycles. The van der Waals surface area contributed by atoms with Crippen molar-refractivity contribution in [1.82, 2.24) is 0 Å². The molecule has 2 heteroatoms. The van der Waals surface area contributed by atoms with Crippen LogP contribution < -0.4 is 0 Å². The molecule has 8 rings (SSSR count). The third-order valence-corrected chi connectivity index (χ3v) is 12.7. The number of hydrogen-bond donors (Lipinski definition) is 1. The number of rotatable bonds is 6. The monoisotopic (exact) mass is 682 g/mol. The van der Waals surface area contributed by atoms with Gasteiger partial charge in [0.05, 0.1) is 10.8 Å². The number of allylic oxidation sites excluding steroid dienone is 1. The Morgan fingerprint density at radius 2 is 0.860 bits per heavy atom. The van der Waals surface area contributed by atoms with E-state index in [0.717, 1.165) is 10.5 Å². The van der Waals surface area contributed by atoms with Gasteiger partial charge in [-0.2, -0.15) is 0 Å². The van der Waals surface area contributed by atoms with Crippen LogP contribution in [0.5, 0.6) is 0 Å². The third kappa shape index (κ3) is 4.54. The van der Waals surface area contributed by atoms with E-state index < -0.39 is 10.8 Å². The maximum absolute atomic E-state index is 5.06. The number of fused-ring (bicyclic) bond motifs is 4. The molecule has 0 spiro atoms. The van der Waals surface area contributed by atoms with Crippen molar-refractivity contribution in [2.24, 2.45) is 0 Å². The normalized spacial score (nSPS) is 15.1. The predicted octanol–water partition coefficient (Wildman–Crippen LogP) is 12.7. The molecule has 0 nitrogen and oxygen atoms in total. The summed E-state index contributed by atoms with van der Waals surface area (Å²) < 4.78 is 0. The van der Waals surface area contributed by atoms with Gasteiger partial charge in [0.25, 0.3) is 0 Å². The van der Waals surface area contributed by atoms with E-state index in [0.29, 0.717) is 0 Å². The Labute approximate surface area is 307 Å². The minimum Gasteiger partial charge on any atom is -0.143 e. The largest absolute Gasteiger partial charge is 0.143 e. The molecule has 50 heavy (non-hydrogen) atoms. The van der Waals surface area contributed by atoms with E-state index >= 15 is 0 Å². The summed E-state index contributed by atoms with van der Waals surface area (Å²) >= 11 is 6.93. The first-order chi connectivity index (χ1) is 24.1. The minimum absolute atomic E-state index is 0.437. The number of thiol groups is 1. The van der Waals surface area contributed by atoms with Crippen LogP contribution in [0.4, 0.5) is 0 Å². The van der Waals surface area contributed by atoms with Crippen molar-refractivity contribution in [2.45, 2.75) is 50.3 Å². The first-order valence-electron chi connectivity index (χ1n) is 17.4. The Morgan fingerprint density at radius 1 is 0.500 bits per heavy atom. The molecule has 2 aliphatic rings. The van der Waals surface area contributed by atoms with E-state index in [-0.39, 0.29) is 0 Å². The number of thioether (sulfide) groups is 1. The van der Waals surface area contributed by atoms with Gasteiger partial charge in [-0.1, -0.05) is 132 Å². The average molecular weight is 683 g/mol. The molecule has 0 aromatic heterocycles. The quantitative estimate of drug-likeness (QED) is 0.170. The summed E-state index contributed by atoms with van der Waals surface area (Å²) in [6, 6.07) is 46.5. The topological polar surface area (TPSA) is 0 Å². The molecule has 0 amide bonds. The molecular formula is C48H42S2. The van der Waals surface area contributed by atoms with Crippen molar-refractivity contribution >= 4 is 35.4 Å². The zero-order valence-corrected chi connectivity index (χ0v) is 31.4. The van der Waals surface area contributed by atoms with Crippen molar-refractivity contribution in [2.75, 3.05) is 6.26 Å². The maximum Gasteiger partial charge on any atom is 0.0714 e. The van der Waals surface area contributed by atoms with Crippen LogP contribution >= 0.6 is 24.4 Å². The van der Waals surface area contributed by atoms with Crippen molar-refractivity contribution in [3.05, 3.63) is 206 Å². The lowest BCUT2D eigenvalue weighted by Crippen LogP contribution is -2.30. The summed E-state index contributed by atoms with van der Waals surface area (Å²) in [5, 5.41) is 0. The molecule has 0 unspecified atom stereocenters. The Balaban J connectivity index is 1.56. The van der Waals surface area contributed by atoms with Gasteiger partial charge >= 0.3 is 0 Å². The van der Waals surface area contributed by atoms with Gasteiger partial charge in [-0.25, -0.2) is 0 Å². The molecule has 0 N–H and O–H groups in total. The standard InChI is InChI=1S/C48H42S2/c1-8-34-25-39-40-26-43-41(46(50-7)33(6)47(43,35-17-9-29(2)10-18-35)36-19-11-30(3)12-20-36)27-42(40)48(44(39)28-45(34)49,37-21-13-31(4)14-22-37)38-23-15-32(5)16-24-38/h8-28,49H,1H2,2-7H3. The predicted molar refractivity (Wildman–Crippen MR) is 219 cm³/mol. The summed E-state index contributed by atoms with van der Waals surface area (Å²) in [7, 11) is 0. The first-order valence-corrected chi connectivity index (χ1v) is 19.0. The van der Waals surface area contributed by atoms with Gasteiger partial charge in [0.2, 0.25) is 0 Å². The van der Waals surface area contributed by atoms with E-state index in [1.54, 1.807) is 0 Å². The lowest BCUT2D eigenvalue weighted by Gasteiger charge is -2.36. The van der Waals surface area contributed by atoms with Crippen LogP contribution in [-0.4, -0.2) is 6.26 Å². The fourth-order valence-electron chi connectivity index (χ4n) is 8.83. The first kappa shape index (κ1) is 32.7. The highest BCUT2D eigenvalue weighted by atomic mass is 32.2. The van der Waals surface area contributed by atoms with Gasteiger partial charge in [-0.05, 0) is 132 Å². The summed E-state index contributed by atoms with van der Waals surface area (Å²) in [5.41, 5.74) is 19.4. The third-order valence-electron chi connectivity index (χ3n) is 11.3. The highest BCUT2D eigenvalue weighted by Gasteiger charge is 2.51. The van der Waals surface area contributed by atoms with Crippen molar-refractivity contribution in [3.63, 3.8) is 0 Å². The van der Waals surface area contributed by atoms with Crippen LogP contribution in [0.3, 0.4) is 0 Å². The second-order valence-corrected chi connectivity index (χ2v) is 15.5. The maximum atomic E-state index is 5.06. The van der Waals surface area contributed by atoms with Gasteiger partial charge in [0.1, 0.15) is 0 Å². The Morgan fingerprint density at radius 3 is 1.28 bits per heavy atom. The molecule has 0 saturated carbocycles. The van der Waals surface area contributed by atoms with E-state index in [9.17, 15) is 0 Å². The van der Waals surface area contributed by atoms with E-state index in [2.05, 4.69) is 169 Å². The van der Waals surface area contributed by atoms with Crippen molar-refractivity contribution in [1.29, 1.82) is 0 Å². The summed E-state index contributed by atoms with van der Waals surface area (Å²) in [5.74, 6) is 0. The molecule has 0 aliphatic heterocycles. The zero-order valence-electron chi connectivity index (χ0n) is 29.7. The van der Waals surface area contributed by atoms with Gasteiger partial charge < -0.3 is 0 Å². The van der Waals surface area contributed by atoms with E-state index in [1.807, 2.05) is 17.8 Å². The number of benzene rings is 6. The minimum atomic E-state index is -0.533. The molecule has 0 saturated heterocycles. The van der Waals surface area contributed by atoms with Crippen LogP contribution in [0.15, 0.2) is 138 Å². The van der Waals surface area contributed by atoms with E-state index in [4.69, 9.17) is 12.6 Å². The molecule has 6 aromatic rings.